The second-order valence-corrected chi connectivity index (χ2v) is 14.5. The largest absolute Gasteiger partial charge is 0.480 e. The van der Waals surface area contributed by atoms with E-state index in [1.165, 1.54) is 44.9 Å². The maximum atomic E-state index is 12.6. The summed E-state index contributed by atoms with van der Waals surface area (Å²) < 4.78 is 32.5. The minimum atomic E-state index is -4.73. The zero-order chi connectivity index (χ0) is 40.0. The minimum Gasteiger partial charge on any atom is -0.480 e. The second-order valence-electron chi connectivity index (χ2n) is 13.0. The van der Waals surface area contributed by atoms with Gasteiger partial charge in [0.2, 0.25) is 0 Å². The van der Waals surface area contributed by atoms with Gasteiger partial charge in [-0.25, -0.2) is 4.57 Å². The molecular formula is C42H70NO10P. The number of carboxylic acid groups (broad SMARTS) is 1. The fraction of sp³-hybridized carbons (Fsp3) is 0.643. The Hall–Kier alpha value is -3.08. The van der Waals surface area contributed by atoms with Crippen molar-refractivity contribution in [2.24, 2.45) is 5.73 Å². The number of allylic oxidation sites excluding steroid dienone is 12. The van der Waals surface area contributed by atoms with Crippen LogP contribution in [0, 0.1) is 0 Å². The van der Waals surface area contributed by atoms with Crippen LogP contribution in [-0.2, 0) is 37.5 Å². The molecule has 0 aliphatic rings. The fourth-order valence-corrected chi connectivity index (χ4v) is 5.63. The lowest BCUT2D eigenvalue weighted by atomic mass is 10.1. The molecule has 0 saturated heterocycles. The van der Waals surface area contributed by atoms with Crippen molar-refractivity contribution in [3.8, 4) is 0 Å². The number of esters is 2. The van der Waals surface area contributed by atoms with E-state index >= 15 is 0 Å². The van der Waals surface area contributed by atoms with Crippen molar-refractivity contribution in [3.63, 3.8) is 0 Å². The van der Waals surface area contributed by atoms with Crippen molar-refractivity contribution in [3.05, 3.63) is 72.9 Å². The number of hydrogen-bond donors (Lipinski definition) is 3. The predicted molar refractivity (Wildman–Crippen MR) is 217 cm³/mol. The highest BCUT2D eigenvalue weighted by molar-refractivity contribution is 7.47. The molecule has 0 rings (SSSR count). The third kappa shape index (κ3) is 35.9. The molecule has 0 aliphatic carbocycles. The van der Waals surface area contributed by atoms with Crippen molar-refractivity contribution in [2.45, 2.75) is 154 Å². The molecule has 3 unspecified atom stereocenters. The van der Waals surface area contributed by atoms with E-state index in [4.69, 9.17) is 24.8 Å². The van der Waals surface area contributed by atoms with Gasteiger partial charge in [-0.2, -0.15) is 0 Å². The van der Waals surface area contributed by atoms with Gasteiger partial charge in [0.25, 0.3) is 0 Å². The van der Waals surface area contributed by atoms with Crippen LogP contribution in [0.2, 0.25) is 0 Å². The van der Waals surface area contributed by atoms with Gasteiger partial charge in [0, 0.05) is 12.8 Å². The Morgan fingerprint density at radius 3 is 1.52 bits per heavy atom. The monoisotopic (exact) mass is 779 g/mol. The highest BCUT2D eigenvalue weighted by Crippen LogP contribution is 2.43. The minimum absolute atomic E-state index is 0.0338. The van der Waals surface area contributed by atoms with Gasteiger partial charge in [-0.15, -0.1) is 0 Å². The van der Waals surface area contributed by atoms with Crippen molar-refractivity contribution in [1.29, 1.82) is 0 Å². The summed E-state index contributed by atoms with van der Waals surface area (Å²) in [5.41, 5.74) is 5.31. The van der Waals surface area contributed by atoms with Crippen LogP contribution < -0.4 is 5.73 Å². The number of carbonyl (C=O) groups excluding carboxylic acids is 2. The molecule has 11 nitrogen and oxygen atoms in total. The molecule has 0 amide bonds. The Balaban J connectivity index is 4.56. The summed E-state index contributed by atoms with van der Waals surface area (Å²) in [7, 11) is -4.73. The highest BCUT2D eigenvalue weighted by Gasteiger charge is 2.28. The number of nitrogens with two attached hydrogens (primary N) is 1. The van der Waals surface area contributed by atoms with Crippen LogP contribution in [0.4, 0.5) is 0 Å². The number of carbonyl (C=O) groups is 3. The molecule has 4 N–H and O–H groups in total. The van der Waals surface area contributed by atoms with Crippen LogP contribution in [-0.4, -0.2) is 59.9 Å². The number of carboxylic acids is 1. The maximum absolute atomic E-state index is 12.6. The number of ether oxygens (including phenoxy) is 2. The number of rotatable bonds is 36. The smallest absolute Gasteiger partial charge is 0.472 e. The van der Waals surface area contributed by atoms with E-state index in [1.54, 1.807) is 0 Å². The van der Waals surface area contributed by atoms with Crippen molar-refractivity contribution < 1.29 is 47.5 Å². The Kier molecular flexibility index (Phi) is 34.8. The predicted octanol–water partition coefficient (Wildman–Crippen LogP) is 10.2. The van der Waals surface area contributed by atoms with E-state index in [2.05, 4.69) is 73.1 Å². The van der Waals surface area contributed by atoms with Crippen molar-refractivity contribution >= 4 is 25.7 Å². The first-order valence-electron chi connectivity index (χ1n) is 20.0. The number of phosphoric acid groups is 1. The van der Waals surface area contributed by atoms with Gasteiger partial charge in [-0.3, -0.25) is 23.4 Å². The van der Waals surface area contributed by atoms with E-state index in [0.717, 1.165) is 51.4 Å². The van der Waals surface area contributed by atoms with Gasteiger partial charge >= 0.3 is 25.7 Å². The third-order valence-electron chi connectivity index (χ3n) is 7.98. The zero-order valence-corrected chi connectivity index (χ0v) is 33.9. The lowest BCUT2D eigenvalue weighted by molar-refractivity contribution is -0.161. The highest BCUT2D eigenvalue weighted by atomic mass is 31.2. The molecule has 3 atom stereocenters. The molecule has 0 aromatic carbocycles. The third-order valence-corrected chi connectivity index (χ3v) is 8.93. The summed E-state index contributed by atoms with van der Waals surface area (Å²) in [4.78, 5) is 45.7. The van der Waals surface area contributed by atoms with Crippen LogP contribution in [0.25, 0.3) is 0 Å². The molecular weight excluding hydrogens is 709 g/mol. The van der Waals surface area contributed by atoms with Crippen molar-refractivity contribution in [1.82, 2.24) is 0 Å². The van der Waals surface area contributed by atoms with Crippen LogP contribution >= 0.6 is 7.82 Å². The summed E-state index contributed by atoms with van der Waals surface area (Å²) in [6.07, 6.45) is 42.7. The summed E-state index contributed by atoms with van der Waals surface area (Å²) >= 11 is 0. The molecule has 0 aromatic rings. The fourth-order valence-electron chi connectivity index (χ4n) is 4.85. The van der Waals surface area contributed by atoms with Gasteiger partial charge in [-0.1, -0.05) is 151 Å². The SMILES string of the molecule is CCC=CCC=CCC=CCC=CCC=CCC=CCCC(=O)OC(COC(=O)CCCCCCCCCCCCC)COP(=O)(O)OCC(N)C(=O)O. The maximum Gasteiger partial charge on any atom is 0.472 e. The lowest BCUT2D eigenvalue weighted by Crippen LogP contribution is -2.34. The Morgan fingerprint density at radius 2 is 1.04 bits per heavy atom. The molecule has 0 heterocycles. The molecule has 0 radical (unpaired) electrons. The number of hydrogen-bond acceptors (Lipinski definition) is 9. The van der Waals surface area contributed by atoms with Gasteiger partial charge < -0.3 is 25.2 Å². The number of phosphoric ester groups is 1. The average Bonchev–Trinajstić information content (AvgIpc) is 3.14. The first-order valence-corrected chi connectivity index (χ1v) is 21.5. The van der Waals surface area contributed by atoms with Crippen LogP contribution in [0.15, 0.2) is 72.9 Å². The van der Waals surface area contributed by atoms with Crippen LogP contribution in [0.1, 0.15) is 142 Å². The Labute approximate surface area is 325 Å². The Morgan fingerprint density at radius 1 is 0.593 bits per heavy atom. The van der Waals surface area contributed by atoms with Gasteiger partial charge in [-0.05, 0) is 51.4 Å². The van der Waals surface area contributed by atoms with E-state index in [1.807, 2.05) is 18.2 Å². The molecule has 54 heavy (non-hydrogen) atoms. The molecule has 12 heteroatoms. The molecule has 0 fully saturated rings. The molecule has 308 valence electrons. The second kappa shape index (κ2) is 36.9. The summed E-state index contributed by atoms with van der Waals surface area (Å²) in [5, 5.41) is 8.86. The van der Waals surface area contributed by atoms with E-state index < -0.39 is 51.1 Å². The molecule has 0 bridgehead atoms. The zero-order valence-electron chi connectivity index (χ0n) is 33.0. The lowest BCUT2D eigenvalue weighted by Gasteiger charge is -2.20. The number of aliphatic carboxylic acids is 1. The van der Waals surface area contributed by atoms with Gasteiger partial charge in [0.15, 0.2) is 6.10 Å². The standard InChI is InChI=1S/C42H70NO10P/c1-3-5-7-9-11-13-15-16-17-18-19-20-21-22-24-26-28-30-32-34-41(45)53-38(36-51-54(48,49)52-37-39(43)42(46)47)35-50-40(44)33-31-29-27-25-23-14-12-10-8-6-4-2/h5,7,11,13,16-17,19-20,22,24,28,30,38-39H,3-4,6,8-10,12,14-15,18,21,23,25-27,29,31-37,43H2,1-2H3,(H,46,47)(H,48,49). The van der Waals surface area contributed by atoms with Gasteiger partial charge in [0.05, 0.1) is 13.2 Å². The summed E-state index contributed by atoms with van der Waals surface area (Å²) in [5.74, 6) is -2.50. The Bertz CT molecular complexity index is 1190. The molecule has 0 spiro atoms. The first-order chi connectivity index (χ1) is 26.1. The van der Waals surface area contributed by atoms with Gasteiger partial charge in [0.1, 0.15) is 12.6 Å². The van der Waals surface area contributed by atoms with Crippen LogP contribution in [0.3, 0.4) is 0 Å². The molecule has 0 aliphatic heterocycles. The summed E-state index contributed by atoms with van der Waals surface area (Å²) in [6.45, 7) is 2.58. The quantitative estimate of drug-likeness (QED) is 0.0239. The topological polar surface area (TPSA) is 172 Å². The number of unbranched alkanes of at least 4 members (excludes halogenated alkanes) is 10. The van der Waals surface area contributed by atoms with E-state index in [9.17, 15) is 23.8 Å². The average molecular weight is 780 g/mol. The summed E-state index contributed by atoms with van der Waals surface area (Å²) in [6, 6.07) is -1.53. The molecule has 0 saturated carbocycles. The van der Waals surface area contributed by atoms with Crippen LogP contribution in [0.5, 0.6) is 0 Å². The van der Waals surface area contributed by atoms with E-state index in [-0.39, 0.29) is 19.4 Å². The normalized spacial score (nSPS) is 14.6. The molecule has 0 aromatic heterocycles. The van der Waals surface area contributed by atoms with Crippen molar-refractivity contribution in [2.75, 3.05) is 19.8 Å². The first kappa shape index (κ1) is 50.9. The van der Waals surface area contributed by atoms with E-state index in [0.29, 0.717) is 19.3 Å².